The minimum atomic E-state index is 0.226. The van der Waals surface area contributed by atoms with Crippen molar-refractivity contribution in [2.75, 3.05) is 0 Å². The van der Waals surface area contributed by atoms with Crippen LogP contribution in [0.15, 0.2) is 18.2 Å². The smallest absolute Gasteiger partial charge is 0.138 e. The summed E-state index contributed by atoms with van der Waals surface area (Å²) in [6.07, 6.45) is 4.50. The van der Waals surface area contributed by atoms with Crippen LogP contribution in [-0.4, -0.2) is 12.1 Å². The Morgan fingerprint density at radius 3 is 2.88 bits per heavy atom. The van der Waals surface area contributed by atoms with Gasteiger partial charge in [0.2, 0.25) is 0 Å². The van der Waals surface area contributed by atoms with Gasteiger partial charge in [-0.05, 0) is 50.3 Å². The van der Waals surface area contributed by atoms with E-state index in [-0.39, 0.29) is 12.1 Å². The van der Waals surface area contributed by atoms with Crippen molar-refractivity contribution < 1.29 is 4.74 Å². The van der Waals surface area contributed by atoms with Gasteiger partial charge in [0, 0.05) is 6.04 Å². The molecular weight excluding hydrogens is 222 g/mol. The fourth-order valence-corrected chi connectivity index (χ4v) is 2.45. The molecular formula is C13H18ClNO. The highest BCUT2D eigenvalue weighted by atomic mass is 35.5. The number of ether oxygens (including phenoxy) is 1. The monoisotopic (exact) mass is 239 g/mol. The number of halogens is 1. The molecule has 2 unspecified atom stereocenters. The summed E-state index contributed by atoms with van der Waals surface area (Å²) in [5.41, 5.74) is 7.08. The summed E-state index contributed by atoms with van der Waals surface area (Å²) >= 11 is 6.13. The first kappa shape index (κ1) is 11.7. The van der Waals surface area contributed by atoms with Crippen molar-refractivity contribution in [2.24, 2.45) is 5.73 Å². The van der Waals surface area contributed by atoms with Gasteiger partial charge >= 0.3 is 0 Å². The molecule has 0 saturated heterocycles. The predicted molar refractivity (Wildman–Crippen MR) is 67.0 cm³/mol. The van der Waals surface area contributed by atoms with E-state index in [0.29, 0.717) is 5.02 Å². The third-order valence-corrected chi connectivity index (χ3v) is 3.34. The summed E-state index contributed by atoms with van der Waals surface area (Å²) in [7, 11) is 0. The van der Waals surface area contributed by atoms with Crippen LogP contribution in [0.4, 0.5) is 0 Å². The first-order chi connectivity index (χ1) is 7.65. The lowest BCUT2D eigenvalue weighted by molar-refractivity contribution is 0.144. The first-order valence-corrected chi connectivity index (χ1v) is 6.21. The van der Waals surface area contributed by atoms with Gasteiger partial charge in [-0.1, -0.05) is 17.7 Å². The van der Waals surface area contributed by atoms with Crippen LogP contribution in [0, 0.1) is 6.92 Å². The van der Waals surface area contributed by atoms with E-state index < -0.39 is 0 Å². The average Bonchev–Trinajstić information content (AvgIpc) is 2.22. The lowest BCUT2D eigenvalue weighted by atomic mass is 9.93. The second kappa shape index (κ2) is 5.07. The normalized spacial score (nSPS) is 25.4. The molecule has 0 heterocycles. The lowest BCUT2D eigenvalue weighted by Gasteiger charge is -2.27. The SMILES string of the molecule is Cc1ccc(OC2CCCC(N)C2)c(Cl)c1. The molecule has 1 aromatic carbocycles. The Hall–Kier alpha value is -0.730. The number of hydrogen-bond acceptors (Lipinski definition) is 2. The molecule has 0 spiro atoms. The Bertz CT molecular complexity index is 367. The molecule has 2 N–H and O–H groups in total. The Balaban J connectivity index is 2.02. The van der Waals surface area contributed by atoms with E-state index in [0.717, 1.165) is 37.0 Å². The molecule has 2 atom stereocenters. The topological polar surface area (TPSA) is 35.2 Å². The van der Waals surface area contributed by atoms with E-state index in [2.05, 4.69) is 0 Å². The maximum absolute atomic E-state index is 6.13. The van der Waals surface area contributed by atoms with E-state index in [1.165, 1.54) is 0 Å². The maximum Gasteiger partial charge on any atom is 0.138 e. The number of nitrogens with two attached hydrogens (primary N) is 1. The second-order valence-corrected chi connectivity index (χ2v) is 5.01. The molecule has 16 heavy (non-hydrogen) atoms. The Morgan fingerprint density at radius 2 is 2.19 bits per heavy atom. The van der Waals surface area contributed by atoms with Crippen molar-refractivity contribution in [2.45, 2.75) is 44.8 Å². The molecule has 2 nitrogen and oxygen atoms in total. The van der Waals surface area contributed by atoms with E-state index in [1.54, 1.807) is 0 Å². The lowest BCUT2D eigenvalue weighted by Crippen LogP contribution is -2.33. The number of rotatable bonds is 2. The fourth-order valence-electron chi connectivity index (χ4n) is 2.17. The van der Waals surface area contributed by atoms with Gasteiger partial charge in [0.25, 0.3) is 0 Å². The van der Waals surface area contributed by atoms with Crippen molar-refractivity contribution >= 4 is 11.6 Å². The number of hydrogen-bond donors (Lipinski definition) is 1. The van der Waals surface area contributed by atoms with Crippen LogP contribution >= 0.6 is 11.6 Å². The zero-order chi connectivity index (χ0) is 11.5. The molecule has 0 amide bonds. The molecule has 3 heteroatoms. The molecule has 1 fully saturated rings. The zero-order valence-electron chi connectivity index (χ0n) is 9.58. The van der Waals surface area contributed by atoms with Gasteiger partial charge in [0.05, 0.1) is 5.02 Å². The van der Waals surface area contributed by atoms with Crippen LogP contribution in [0.2, 0.25) is 5.02 Å². The summed E-state index contributed by atoms with van der Waals surface area (Å²) in [5.74, 6) is 0.784. The third-order valence-electron chi connectivity index (χ3n) is 3.05. The molecule has 1 aliphatic carbocycles. The van der Waals surface area contributed by atoms with Crippen LogP contribution in [0.25, 0.3) is 0 Å². The predicted octanol–water partition coefficient (Wildman–Crippen LogP) is 3.30. The highest BCUT2D eigenvalue weighted by Gasteiger charge is 2.21. The van der Waals surface area contributed by atoms with Gasteiger partial charge in [0.15, 0.2) is 0 Å². The van der Waals surface area contributed by atoms with Crippen LogP contribution in [0.1, 0.15) is 31.2 Å². The van der Waals surface area contributed by atoms with Crippen molar-refractivity contribution in [3.8, 4) is 5.75 Å². The quantitative estimate of drug-likeness (QED) is 0.860. The Labute approximate surface area is 102 Å². The zero-order valence-corrected chi connectivity index (χ0v) is 10.3. The van der Waals surface area contributed by atoms with Crippen molar-refractivity contribution in [1.29, 1.82) is 0 Å². The van der Waals surface area contributed by atoms with Crippen LogP contribution < -0.4 is 10.5 Å². The van der Waals surface area contributed by atoms with E-state index >= 15 is 0 Å². The van der Waals surface area contributed by atoms with Crippen LogP contribution in [-0.2, 0) is 0 Å². The molecule has 0 aliphatic heterocycles. The van der Waals surface area contributed by atoms with Crippen LogP contribution in [0.3, 0.4) is 0 Å². The van der Waals surface area contributed by atoms with Crippen LogP contribution in [0.5, 0.6) is 5.75 Å². The highest BCUT2D eigenvalue weighted by Crippen LogP contribution is 2.29. The van der Waals surface area contributed by atoms with Crippen molar-refractivity contribution in [3.05, 3.63) is 28.8 Å². The van der Waals surface area contributed by atoms with Gasteiger partial charge in [-0.15, -0.1) is 0 Å². The van der Waals surface area contributed by atoms with E-state index in [9.17, 15) is 0 Å². The third kappa shape index (κ3) is 2.89. The highest BCUT2D eigenvalue weighted by molar-refractivity contribution is 6.32. The number of benzene rings is 1. The van der Waals surface area contributed by atoms with Crippen molar-refractivity contribution in [1.82, 2.24) is 0 Å². The minimum Gasteiger partial charge on any atom is -0.489 e. The fraction of sp³-hybridized carbons (Fsp3) is 0.538. The second-order valence-electron chi connectivity index (χ2n) is 4.60. The average molecular weight is 240 g/mol. The molecule has 0 aromatic heterocycles. The summed E-state index contributed by atoms with van der Waals surface area (Å²) in [6, 6.07) is 6.17. The first-order valence-electron chi connectivity index (χ1n) is 5.83. The molecule has 0 radical (unpaired) electrons. The van der Waals surface area contributed by atoms with Gasteiger partial charge in [-0.3, -0.25) is 0 Å². The molecule has 1 aliphatic rings. The van der Waals surface area contributed by atoms with Gasteiger partial charge in [-0.2, -0.15) is 0 Å². The molecule has 0 bridgehead atoms. The molecule has 1 saturated carbocycles. The standard InChI is InChI=1S/C13H18ClNO/c1-9-5-6-13(12(14)7-9)16-11-4-2-3-10(15)8-11/h5-7,10-11H,2-4,8,15H2,1H3. The van der Waals surface area contributed by atoms with Gasteiger partial charge < -0.3 is 10.5 Å². The summed E-state index contributed by atoms with van der Waals surface area (Å²) in [6.45, 7) is 2.02. The summed E-state index contributed by atoms with van der Waals surface area (Å²) < 4.78 is 5.90. The summed E-state index contributed by atoms with van der Waals surface area (Å²) in [5, 5.41) is 0.694. The number of aryl methyl sites for hydroxylation is 1. The molecule has 88 valence electrons. The van der Waals surface area contributed by atoms with Crippen molar-refractivity contribution in [3.63, 3.8) is 0 Å². The van der Waals surface area contributed by atoms with Gasteiger partial charge in [0.1, 0.15) is 11.9 Å². The minimum absolute atomic E-state index is 0.226. The maximum atomic E-state index is 6.13. The van der Waals surface area contributed by atoms with Gasteiger partial charge in [-0.25, -0.2) is 0 Å². The van der Waals surface area contributed by atoms with E-state index in [1.807, 2.05) is 25.1 Å². The molecule has 1 aromatic rings. The van der Waals surface area contributed by atoms with E-state index in [4.69, 9.17) is 22.1 Å². The largest absolute Gasteiger partial charge is 0.489 e. The summed E-state index contributed by atoms with van der Waals surface area (Å²) in [4.78, 5) is 0. The molecule has 2 rings (SSSR count). The Kier molecular flexibility index (Phi) is 3.72. The Morgan fingerprint density at radius 1 is 1.38 bits per heavy atom.